The quantitative estimate of drug-likeness (QED) is 0.706. The molecule has 0 amide bonds. The molecular weight excluding hydrogens is 202 g/mol. The summed E-state index contributed by atoms with van der Waals surface area (Å²) in [5, 5.41) is 12.4. The molecule has 1 aromatic rings. The molecule has 0 atom stereocenters. The van der Waals surface area contributed by atoms with E-state index in [0.717, 1.165) is 0 Å². The fourth-order valence-electron chi connectivity index (χ4n) is 1.46. The van der Waals surface area contributed by atoms with E-state index in [1.807, 2.05) is 0 Å². The summed E-state index contributed by atoms with van der Waals surface area (Å²) in [7, 11) is -2.81. The molecule has 0 spiro atoms. The van der Waals surface area contributed by atoms with Crippen molar-refractivity contribution in [3.8, 4) is 5.75 Å². The molecule has 2 rings (SSSR count). The summed E-state index contributed by atoms with van der Waals surface area (Å²) in [5.41, 5.74) is 0.590. The monoisotopic (exact) mass is 213 g/mol. The fraction of sp³-hybridized carbons (Fsp3) is 0.333. The number of hydrogen-bond acceptors (Lipinski definition) is 4. The first-order chi connectivity index (χ1) is 6.57. The average Bonchev–Trinajstić information content (AvgIpc) is 2.05. The van der Waals surface area contributed by atoms with Gasteiger partial charge in [0.2, 0.25) is 0 Å². The van der Waals surface area contributed by atoms with Crippen molar-refractivity contribution in [1.29, 1.82) is 0 Å². The van der Waals surface area contributed by atoms with E-state index in [-0.39, 0.29) is 23.3 Å². The Balaban J connectivity index is 2.03. The van der Waals surface area contributed by atoms with Gasteiger partial charge in [-0.25, -0.2) is 8.42 Å². The maximum Gasteiger partial charge on any atom is 0.154 e. The molecule has 4 nitrogen and oxygen atoms in total. The highest BCUT2D eigenvalue weighted by molar-refractivity contribution is 7.92. The fourth-order valence-corrected chi connectivity index (χ4v) is 2.76. The molecule has 5 heteroatoms. The molecule has 1 fully saturated rings. The number of nitrogens with one attached hydrogen (secondary N) is 1. The van der Waals surface area contributed by atoms with Gasteiger partial charge in [-0.05, 0) is 12.1 Å². The van der Waals surface area contributed by atoms with Crippen LogP contribution in [0.2, 0.25) is 0 Å². The van der Waals surface area contributed by atoms with Crippen LogP contribution in [0, 0.1) is 0 Å². The lowest BCUT2D eigenvalue weighted by Gasteiger charge is -2.27. The van der Waals surface area contributed by atoms with Gasteiger partial charge >= 0.3 is 0 Å². The van der Waals surface area contributed by atoms with Crippen LogP contribution in [0.15, 0.2) is 24.3 Å². The Kier molecular flexibility index (Phi) is 2.11. The van der Waals surface area contributed by atoms with E-state index in [0.29, 0.717) is 5.69 Å². The molecule has 0 bridgehead atoms. The van der Waals surface area contributed by atoms with Gasteiger partial charge in [0.05, 0.1) is 23.2 Å². The zero-order valence-corrected chi connectivity index (χ0v) is 8.29. The van der Waals surface area contributed by atoms with Gasteiger partial charge in [0, 0.05) is 0 Å². The summed E-state index contributed by atoms with van der Waals surface area (Å²) in [5.74, 6) is 0.458. The SMILES string of the molecule is O=S1(=O)CC(Nc2ccccc2O)C1. The first-order valence-electron chi connectivity index (χ1n) is 4.32. The Hall–Kier alpha value is -1.23. The van der Waals surface area contributed by atoms with E-state index in [1.54, 1.807) is 24.3 Å². The molecule has 0 aromatic heterocycles. The highest BCUT2D eigenvalue weighted by Gasteiger charge is 2.33. The van der Waals surface area contributed by atoms with Crippen molar-refractivity contribution >= 4 is 15.5 Å². The first kappa shape index (κ1) is 9.33. The highest BCUT2D eigenvalue weighted by atomic mass is 32.2. The number of anilines is 1. The minimum absolute atomic E-state index is 0.0618. The van der Waals surface area contributed by atoms with Crippen molar-refractivity contribution < 1.29 is 13.5 Å². The largest absolute Gasteiger partial charge is 0.506 e. The Labute approximate surface area is 82.5 Å². The highest BCUT2D eigenvalue weighted by Crippen LogP contribution is 2.25. The van der Waals surface area contributed by atoms with Crippen LogP contribution in [-0.4, -0.2) is 31.1 Å². The van der Waals surface area contributed by atoms with Gasteiger partial charge < -0.3 is 10.4 Å². The maximum absolute atomic E-state index is 10.9. The third kappa shape index (κ3) is 1.82. The normalized spacial score (nSPS) is 20.0. The Morgan fingerprint density at radius 2 is 1.93 bits per heavy atom. The van der Waals surface area contributed by atoms with Gasteiger partial charge in [-0.2, -0.15) is 0 Å². The molecule has 1 aliphatic rings. The molecule has 1 heterocycles. The predicted octanol–water partition coefficient (Wildman–Crippen LogP) is 0.601. The van der Waals surface area contributed by atoms with Crippen LogP contribution in [0.1, 0.15) is 0 Å². The molecule has 76 valence electrons. The number of phenols is 1. The number of sulfone groups is 1. The summed E-state index contributed by atoms with van der Waals surface area (Å²) in [6.07, 6.45) is 0. The number of benzene rings is 1. The van der Waals surface area contributed by atoms with Crippen molar-refractivity contribution in [1.82, 2.24) is 0 Å². The molecule has 2 N–H and O–H groups in total. The van der Waals surface area contributed by atoms with E-state index < -0.39 is 9.84 Å². The van der Waals surface area contributed by atoms with Gasteiger partial charge in [-0.3, -0.25) is 0 Å². The first-order valence-corrected chi connectivity index (χ1v) is 6.14. The molecule has 0 unspecified atom stereocenters. The van der Waals surface area contributed by atoms with Crippen LogP contribution in [-0.2, 0) is 9.84 Å². The van der Waals surface area contributed by atoms with E-state index in [2.05, 4.69) is 5.32 Å². The number of hydrogen-bond donors (Lipinski definition) is 2. The third-order valence-corrected chi connectivity index (χ3v) is 3.99. The lowest BCUT2D eigenvalue weighted by molar-refractivity contribution is 0.476. The Morgan fingerprint density at radius 3 is 2.50 bits per heavy atom. The van der Waals surface area contributed by atoms with Crippen molar-refractivity contribution in [3.63, 3.8) is 0 Å². The van der Waals surface area contributed by atoms with E-state index in [9.17, 15) is 13.5 Å². The molecule has 1 aliphatic heterocycles. The van der Waals surface area contributed by atoms with Crippen molar-refractivity contribution in [2.45, 2.75) is 6.04 Å². The van der Waals surface area contributed by atoms with Crippen LogP contribution >= 0.6 is 0 Å². The van der Waals surface area contributed by atoms with Gasteiger partial charge in [-0.15, -0.1) is 0 Å². The molecule has 14 heavy (non-hydrogen) atoms. The van der Waals surface area contributed by atoms with E-state index in [1.165, 1.54) is 0 Å². The smallest absolute Gasteiger partial charge is 0.154 e. The molecule has 0 aliphatic carbocycles. The summed E-state index contributed by atoms with van der Waals surface area (Å²) in [4.78, 5) is 0. The van der Waals surface area contributed by atoms with Crippen LogP contribution in [0.3, 0.4) is 0 Å². The van der Waals surface area contributed by atoms with Gasteiger partial charge in [0.15, 0.2) is 9.84 Å². The molecule has 1 aromatic carbocycles. The second-order valence-corrected chi connectivity index (χ2v) is 5.59. The summed E-state index contributed by atoms with van der Waals surface area (Å²) in [6, 6.07) is 6.73. The summed E-state index contributed by atoms with van der Waals surface area (Å²) in [6.45, 7) is 0. The number of rotatable bonds is 2. The van der Waals surface area contributed by atoms with E-state index in [4.69, 9.17) is 0 Å². The lowest BCUT2D eigenvalue weighted by atomic mass is 10.2. The molecule has 0 radical (unpaired) electrons. The zero-order chi connectivity index (χ0) is 10.2. The Bertz CT molecular complexity index is 429. The lowest BCUT2D eigenvalue weighted by Crippen LogP contribution is -2.46. The summed E-state index contributed by atoms with van der Waals surface area (Å²) < 4.78 is 21.7. The van der Waals surface area contributed by atoms with Gasteiger partial charge in [0.1, 0.15) is 5.75 Å². The predicted molar refractivity (Wildman–Crippen MR) is 54.2 cm³/mol. The molecule has 1 saturated heterocycles. The second kappa shape index (κ2) is 3.16. The van der Waals surface area contributed by atoms with E-state index >= 15 is 0 Å². The maximum atomic E-state index is 10.9. The van der Waals surface area contributed by atoms with Crippen LogP contribution in [0.5, 0.6) is 5.75 Å². The average molecular weight is 213 g/mol. The number of phenolic OH excluding ortho intramolecular Hbond substituents is 1. The van der Waals surface area contributed by atoms with Crippen LogP contribution in [0.4, 0.5) is 5.69 Å². The van der Waals surface area contributed by atoms with Crippen molar-refractivity contribution in [2.75, 3.05) is 16.8 Å². The van der Waals surface area contributed by atoms with Gasteiger partial charge in [0.25, 0.3) is 0 Å². The topological polar surface area (TPSA) is 66.4 Å². The van der Waals surface area contributed by atoms with Crippen LogP contribution in [0.25, 0.3) is 0 Å². The minimum atomic E-state index is -2.81. The minimum Gasteiger partial charge on any atom is -0.506 e. The summed E-state index contributed by atoms with van der Waals surface area (Å²) >= 11 is 0. The second-order valence-electron chi connectivity index (χ2n) is 3.44. The third-order valence-electron chi connectivity index (χ3n) is 2.17. The number of para-hydroxylation sites is 2. The van der Waals surface area contributed by atoms with Crippen molar-refractivity contribution in [2.24, 2.45) is 0 Å². The molecule has 0 saturated carbocycles. The zero-order valence-electron chi connectivity index (χ0n) is 7.47. The standard InChI is InChI=1S/C9H11NO3S/c11-9-4-2-1-3-8(9)10-7-5-14(12,13)6-7/h1-4,7,10-11H,5-6H2. The number of aromatic hydroxyl groups is 1. The van der Waals surface area contributed by atoms with Gasteiger partial charge in [-0.1, -0.05) is 12.1 Å². The van der Waals surface area contributed by atoms with Crippen molar-refractivity contribution in [3.05, 3.63) is 24.3 Å². The molecular formula is C9H11NO3S. The van der Waals surface area contributed by atoms with Crippen LogP contribution < -0.4 is 5.32 Å². The Morgan fingerprint density at radius 1 is 1.29 bits per heavy atom.